The largest absolute Gasteiger partial charge is 0.385 e. The number of hydrogen-bond donors (Lipinski definition) is 1. The van der Waals surface area contributed by atoms with E-state index in [2.05, 4.69) is 15.9 Å². The summed E-state index contributed by atoms with van der Waals surface area (Å²) >= 11 is 3.42. The van der Waals surface area contributed by atoms with Crippen LogP contribution in [0.15, 0.2) is 22.7 Å². The van der Waals surface area contributed by atoms with Crippen LogP contribution in [0.5, 0.6) is 0 Å². The van der Waals surface area contributed by atoms with Gasteiger partial charge in [0.2, 0.25) is 0 Å². The Labute approximate surface area is 87.9 Å². The number of rotatable bonds is 2. The second-order valence-electron chi connectivity index (χ2n) is 3.64. The number of halogens is 1. The van der Waals surface area contributed by atoms with Crippen LogP contribution in [0.2, 0.25) is 0 Å². The topological polar surface area (TPSA) is 20.2 Å². The Kier molecular flexibility index (Phi) is 3.14. The molecule has 0 aliphatic rings. The summed E-state index contributed by atoms with van der Waals surface area (Å²) < 4.78 is 1.02. The van der Waals surface area contributed by atoms with E-state index in [0.717, 1.165) is 22.0 Å². The lowest BCUT2D eigenvalue weighted by Gasteiger charge is -2.22. The van der Waals surface area contributed by atoms with Gasteiger partial charge in [-0.3, -0.25) is 0 Å². The summed E-state index contributed by atoms with van der Waals surface area (Å²) in [6.07, 6.45) is 0.725. The number of benzene rings is 1. The van der Waals surface area contributed by atoms with E-state index in [4.69, 9.17) is 0 Å². The van der Waals surface area contributed by atoms with Gasteiger partial charge in [-0.15, -0.1) is 0 Å². The second kappa shape index (κ2) is 3.81. The molecule has 0 bridgehead atoms. The van der Waals surface area contributed by atoms with Crippen LogP contribution < -0.4 is 0 Å². The standard InChI is InChI=1S/C11H15BrO/c1-4-11(3,13)9-5-8(2)6-10(12)7-9/h5-7,13H,4H2,1-3H3. The highest BCUT2D eigenvalue weighted by Gasteiger charge is 2.20. The molecule has 1 N–H and O–H groups in total. The Morgan fingerprint density at radius 1 is 1.38 bits per heavy atom. The van der Waals surface area contributed by atoms with Gasteiger partial charge in [0.25, 0.3) is 0 Å². The zero-order valence-electron chi connectivity index (χ0n) is 8.26. The predicted octanol–water partition coefficient (Wildman–Crippen LogP) is 3.38. The van der Waals surface area contributed by atoms with E-state index in [1.807, 2.05) is 39.0 Å². The van der Waals surface area contributed by atoms with Gasteiger partial charge in [-0.25, -0.2) is 0 Å². The molecule has 1 unspecified atom stereocenters. The minimum Gasteiger partial charge on any atom is -0.385 e. The zero-order valence-corrected chi connectivity index (χ0v) is 9.85. The molecular formula is C11H15BrO. The minimum absolute atomic E-state index is 0.714. The summed E-state index contributed by atoms with van der Waals surface area (Å²) in [4.78, 5) is 0. The molecule has 0 aliphatic carbocycles. The van der Waals surface area contributed by atoms with Crippen molar-refractivity contribution in [2.45, 2.75) is 32.8 Å². The fourth-order valence-corrected chi connectivity index (χ4v) is 1.86. The molecule has 2 heteroatoms. The lowest BCUT2D eigenvalue weighted by atomic mass is 9.92. The highest BCUT2D eigenvalue weighted by molar-refractivity contribution is 9.10. The molecule has 1 nitrogen and oxygen atoms in total. The fraction of sp³-hybridized carbons (Fsp3) is 0.455. The Hall–Kier alpha value is -0.340. The number of hydrogen-bond acceptors (Lipinski definition) is 1. The van der Waals surface area contributed by atoms with Crippen molar-refractivity contribution in [1.82, 2.24) is 0 Å². The van der Waals surface area contributed by atoms with E-state index in [9.17, 15) is 5.11 Å². The van der Waals surface area contributed by atoms with Crippen molar-refractivity contribution in [2.75, 3.05) is 0 Å². The van der Waals surface area contributed by atoms with Crippen molar-refractivity contribution in [3.05, 3.63) is 33.8 Å². The molecule has 0 aliphatic heterocycles. The van der Waals surface area contributed by atoms with Gasteiger partial charge < -0.3 is 5.11 Å². The normalized spacial score (nSPS) is 15.5. The van der Waals surface area contributed by atoms with Crippen LogP contribution in [0.1, 0.15) is 31.4 Å². The first kappa shape index (κ1) is 10.7. The number of aryl methyl sites for hydroxylation is 1. The summed E-state index contributed by atoms with van der Waals surface area (Å²) in [6.45, 7) is 5.85. The maximum absolute atomic E-state index is 10.0. The Morgan fingerprint density at radius 3 is 2.46 bits per heavy atom. The molecule has 0 aromatic heterocycles. The van der Waals surface area contributed by atoms with Crippen LogP contribution in [0.25, 0.3) is 0 Å². The summed E-state index contributed by atoms with van der Waals surface area (Å²) in [7, 11) is 0. The summed E-state index contributed by atoms with van der Waals surface area (Å²) in [5.41, 5.74) is 1.43. The predicted molar refractivity (Wildman–Crippen MR) is 58.7 cm³/mol. The average Bonchev–Trinajstić information content (AvgIpc) is 2.02. The van der Waals surface area contributed by atoms with Crippen LogP contribution in [-0.4, -0.2) is 5.11 Å². The molecule has 0 spiro atoms. The molecule has 1 atom stereocenters. The van der Waals surface area contributed by atoms with Crippen molar-refractivity contribution in [3.63, 3.8) is 0 Å². The van der Waals surface area contributed by atoms with Gasteiger partial charge in [0.05, 0.1) is 5.60 Å². The number of aliphatic hydroxyl groups is 1. The zero-order chi connectivity index (χ0) is 10.1. The monoisotopic (exact) mass is 242 g/mol. The van der Waals surface area contributed by atoms with Gasteiger partial charge >= 0.3 is 0 Å². The van der Waals surface area contributed by atoms with E-state index < -0.39 is 5.60 Å². The van der Waals surface area contributed by atoms with E-state index in [1.54, 1.807) is 0 Å². The van der Waals surface area contributed by atoms with Crippen molar-refractivity contribution >= 4 is 15.9 Å². The highest BCUT2D eigenvalue weighted by Crippen LogP contribution is 2.27. The van der Waals surface area contributed by atoms with Gasteiger partial charge in [-0.1, -0.05) is 28.9 Å². The van der Waals surface area contributed by atoms with E-state index in [0.29, 0.717) is 0 Å². The Balaban J connectivity index is 3.15. The Bertz CT molecular complexity index is 285. The maximum Gasteiger partial charge on any atom is 0.0866 e. The van der Waals surface area contributed by atoms with E-state index in [-0.39, 0.29) is 0 Å². The third-order valence-electron chi connectivity index (χ3n) is 2.35. The van der Waals surface area contributed by atoms with Crippen LogP contribution in [0.4, 0.5) is 0 Å². The molecule has 0 fully saturated rings. The van der Waals surface area contributed by atoms with Crippen LogP contribution >= 0.6 is 15.9 Å². The van der Waals surface area contributed by atoms with E-state index in [1.165, 1.54) is 0 Å². The molecule has 13 heavy (non-hydrogen) atoms. The first-order valence-corrected chi connectivity index (χ1v) is 5.25. The SMILES string of the molecule is CCC(C)(O)c1cc(C)cc(Br)c1. The van der Waals surface area contributed by atoms with Gasteiger partial charge in [0.1, 0.15) is 0 Å². The molecule has 0 heterocycles. The summed E-state index contributed by atoms with van der Waals surface area (Å²) in [5, 5.41) is 10.0. The fourth-order valence-electron chi connectivity index (χ4n) is 1.25. The van der Waals surface area contributed by atoms with Gasteiger partial charge in [-0.05, 0) is 43.5 Å². The van der Waals surface area contributed by atoms with Gasteiger partial charge in [-0.2, -0.15) is 0 Å². The second-order valence-corrected chi connectivity index (χ2v) is 4.56. The van der Waals surface area contributed by atoms with Gasteiger partial charge in [0.15, 0.2) is 0 Å². The average molecular weight is 243 g/mol. The molecular weight excluding hydrogens is 228 g/mol. The Morgan fingerprint density at radius 2 is 2.00 bits per heavy atom. The molecule has 0 saturated carbocycles. The molecule has 1 aromatic rings. The highest BCUT2D eigenvalue weighted by atomic mass is 79.9. The van der Waals surface area contributed by atoms with Crippen molar-refractivity contribution in [3.8, 4) is 0 Å². The minimum atomic E-state index is -0.714. The van der Waals surface area contributed by atoms with Crippen molar-refractivity contribution in [2.24, 2.45) is 0 Å². The quantitative estimate of drug-likeness (QED) is 0.844. The first-order valence-electron chi connectivity index (χ1n) is 4.46. The smallest absolute Gasteiger partial charge is 0.0866 e. The molecule has 1 aromatic carbocycles. The van der Waals surface area contributed by atoms with Crippen LogP contribution in [0.3, 0.4) is 0 Å². The summed E-state index contributed by atoms with van der Waals surface area (Å²) in [5.74, 6) is 0. The van der Waals surface area contributed by atoms with Crippen molar-refractivity contribution < 1.29 is 5.11 Å². The van der Waals surface area contributed by atoms with Crippen LogP contribution in [0, 0.1) is 6.92 Å². The van der Waals surface area contributed by atoms with Crippen LogP contribution in [-0.2, 0) is 5.60 Å². The third kappa shape index (κ3) is 2.55. The van der Waals surface area contributed by atoms with Crippen molar-refractivity contribution in [1.29, 1.82) is 0 Å². The molecule has 0 amide bonds. The summed E-state index contributed by atoms with van der Waals surface area (Å²) in [6, 6.07) is 6.03. The van der Waals surface area contributed by atoms with E-state index >= 15 is 0 Å². The molecule has 72 valence electrons. The molecule has 0 saturated heterocycles. The lowest BCUT2D eigenvalue weighted by Crippen LogP contribution is -2.19. The maximum atomic E-state index is 10.0. The lowest BCUT2D eigenvalue weighted by molar-refractivity contribution is 0.0530. The first-order chi connectivity index (χ1) is 5.95. The molecule has 0 radical (unpaired) electrons. The van der Waals surface area contributed by atoms with Gasteiger partial charge in [0, 0.05) is 4.47 Å². The third-order valence-corrected chi connectivity index (χ3v) is 2.81. The molecule has 1 rings (SSSR count).